The van der Waals surface area contributed by atoms with Gasteiger partial charge in [-0.15, -0.1) is 11.3 Å². The number of nitrogens with zero attached hydrogens (tertiary/aromatic N) is 2. The molecule has 4 aliphatic rings. The normalized spacial score (nSPS) is 26.0. The second kappa shape index (κ2) is 8.31. The lowest BCUT2D eigenvalue weighted by molar-refractivity contribution is -0.127. The van der Waals surface area contributed by atoms with Crippen LogP contribution >= 0.6 is 34.5 Å². The molecule has 2 heterocycles. The maximum absolute atomic E-state index is 6.80. The van der Waals surface area contributed by atoms with Gasteiger partial charge in [0.2, 0.25) is 0 Å². The minimum absolute atomic E-state index is 0.0852. The van der Waals surface area contributed by atoms with Gasteiger partial charge >= 0.3 is 0 Å². The smallest absolute Gasteiger partial charge is 0.145 e. The van der Waals surface area contributed by atoms with Gasteiger partial charge < -0.3 is 9.26 Å². The predicted octanol–water partition coefficient (Wildman–Crippen LogP) is 8.70. The fourth-order valence-electron chi connectivity index (χ4n) is 6.06. The molecule has 0 spiro atoms. The summed E-state index contributed by atoms with van der Waals surface area (Å²) in [6.07, 6.45) is 8.86. The molecule has 2 aromatic heterocycles. The van der Waals surface area contributed by atoms with Gasteiger partial charge in [-0.2, -0.15) is 0 Å². The van der Waals surface area contributed by atoms with Crippen LogP contribution in [-0.2, 0) is 16.8 Å². The lowest BCUT2D eigenvalue weighted by Gasteiger charge is -2.52. The van der Waals surface area contributed by atoms with Crippen LogP contribution in [0.4, 0.5) is 0 Å². The quantitative estimate of drug-likeness (QED) is 0.253. The first kappa shape index (κ1) is 22.3. The first-order valence-electron chi connectivity index (χ1n) is 12.5. The minimum atomic E-state index is -0.0852. The number of aromatic nitrogens is 2. The summed E-state index contributed by atoms with van der Waals surface area (Å²) in [5.41, 5.74) is 3.75. The second-order valence-corrected chi connectivity index (χ2v) is 12.3. The molecule has 180 valence electrons. The largest absolute Gasteiger partial charge is 0.370 e. The van der Waals surface area contributed by atoms with Crippen LogP contribution in [0.25, 0.3) is 21.5 Å². The van der Waals surface area contributed by atoms with Crippen molar-refractivity contribution in [3.8, 4) is 11.3 Å². The van der Waals surface area contributed by atoms with Crippen molar-refractivity contribution in [3.05, 3.63) is 68.8 Å². The molecule has 8 rings (SSSR count). The van der Waals surface area contributed by atoms with E-state index in [1.165, 1.54) is 9.71 Å². The molecule has 0 atom stereocenters. The van der Waals surface area contributed by atoms with Crippen LogP contribution in [0, 0.1) is 0 Å². The Kier molecular flexibility index (Phi) is 5.29. The van der Waals surface area contributed by atoms with E-state index in [4.69, 9.17) is 37.4 Å². The molecule has 2 aromatic carbocycles. The topological polar surface area (TPSA) is 48.2 Å². The molecule has 0 unspecified atom stereocenters. The van der Waals surface area contributed by atoms with E-state index in [1.807, 2.05) is 29.5 Å². The van der Waals surface area contributed by atoms with Crippen molar-refractivity contribution >= 4 is 44.8 Å². The number of para-hydroxylation sites is 1. The highest BCUT2D eigenvalue weighted by Crippen LogP contribution is 2.56. The zero-order valence-corrected chi connectivity index (χ0v) is 21.7. The molecule has 2 bridgehead atoms. The molecule has 4 fully saturated rings. The van der Waals surface area contributed by atoms with E-state index in [9.17, 15) is 0 Å². The number of thiazole rings is 1. The molecule has 4 nitrogen and oxygen atoms in total. The van der Waals surface area contributed by atoms with Crippen molar-refractivity contribution in [1.82, 2.24) is 10.1 Å². The molecule has 0 radical (unpaired) electrons. The second-order valence-electron chi connectivity index (χ2n) is 10.5. The standard InChI is InChI=1S/C28H26Cl2N2O2S/c29-19-4-3-5-20(30)23(19)24-18(25(34-32-24)17-8-9-17)16-33-28-13-10-27(11-14-28,12-15-28)26-31-21-6-1-2-7-22(21)35-26/h1-7,17H,8-16H2. The van der Waals surface area contributed by atoms with Crippen molar-refractivity contribution < 1.29 is 9.26 Å². The zero-order chi connectivity index (χ0) is 23.6. The van der Waals surface area contributed by atoms with E-state index in [-0.39, 0.29) is 11.0 Å². The van der Waals surface area contributed by atoms with E-state index in [0.29, 0.717) is 22.6 Å². The summed E-state index contributed by atoms with van der Waals surface area (Å²) in [5, 5.41) is 6.92. The van der Waals surface area contributed by atoms with E-state index in [2.05, 4.69) is 29.4 Å². The molecule has 0 amide bonds. The summed E-state index contributed by atoms with van der Waals surface area (Å²) in [6.45, 7) is 0.486. The van der Waals surface area contributed by atoms with Gasteiger partial charge in [0.05, 0.1) is 37.5 Å². The third-order valence-corrected chi connectivity index (χ3v) is 10.3. The van der Waals surface area contributed by atoms with Gasteiger partial charge in [0, 0.05) is 22.5 Å². The maximum atomic E-state index is 6.80. The monoisotopic (exact) mass is 524 g/mol. The number of rotatable bonds is 6. The number of ether oxygens (including phenoxy) is 1. The van der Waals surface area contributed by atoms with Gasteiger partial charge in [0.25, 0.3) is 0 Å². The first-order valence-corrected chi connectivity index (χ1v) is 14.1. The highest BCUT2D eigenvalue weighted by Gasteiger charge is 2.51. The lowest BCUT2D eigenvalue weighted by atomic mass is 9.59. The average molecular weight is 526 g/mol. The van der Waals surface area contributed by atoms with Crippen molar-refractivity contribution in [1.29, 1.82) is 0 Å². The predicted molar refractivity (Wildman–Crippen MR) is 140 cm³/mol. The Morgan fingerprint density at radius 1 is 0.943 bits per heavy atom. The molecule has 35 heavy (non-hydrogen) atoms. The molecule has 4 aromatic rings. The molecule has 0 aliphatic heterocycles. The third-order valence-electron chi connectivity index (χ3n) is 8.41. The summed E-state index contributed by atoms with van der Waals surface area (Å²) in [4.78, 5) is 5.05. The Balaban J connectivity index is 1.14. The Morgan fingerprint density at radius 2 is 1.66 bits per heavy atom. The summed E-state index contributed by atoms with van der Waals surface area (Å²) < 4.78 is 13.9. The Hall–Kier alpha value is -1.92. The van der Waals surface area contributed by atoms with Gasteiger partial charge in [-0.1, -0.05) is 46.6 Å². The summed E-state index contributed by atoms with van der Waals surface area (Å²) >= 11 is 15.0. The van der Waals surface area contributed by atoms with E-state index >= 15 is 0 Å². The zero-order valence-electron chi connectivity index (χ0n) is 19.4. The molecular formula is C28H26Cl2N2O2S. The molecular weight excluding hydrogens is 499 g/mol. The number of hydrogen-bond acceptors (Lipinski definition) is 5. The first-order chi connectivity index (χ1) is 17.1. The SMILES string of the molecule is Clc1cccc(Cl)c1-c1noc(C2CC2)c1COC12CCC(c3nc4ccccc4s3)(CC1)CC2. The van der Waals surface area contributed by atoms with E-state index < -0.39 is 0 Å². The Bertz CT molecular complexity index is 1350. The summed E-state index contributed by atoms with van der Waals surface area (Å²) in [7, 11) is 0. The van der Waals surface area contributed by atoms with Gasteiger partial charge in [-0.05, 0) is 75.6 Å². The van der Waals surface area contributed by atoms with E-state index in [1.54, 1.807) is 0 Å². The molecule has 0 saturated heterocycles. The van der Waals surface area contributed by atoms with E-state index in [0.717, 1.165) is 79.5 Å². The molecule has 0 N–H and O–H groups in total. The van der Waals surface area contributed by atoms with Gasteiger partial charge in [0.1, 0.15) is 11.5 Å². The van der Waals surface area contributed by atoms with Crippen molar-refractivity contribution in [2.75, 3.05) is 0 Å². The average Bonchev–Trinajstić information content (AvgIpc) is 3.49. The van der Waals surface area contributed by atoms with Crippen LogP contribution in [0.1, 0.15) is 73.6 Å². The van der Waals surface area contributed by atoms with Gasteiger partial charge in [0.15, 0.2) is 0 Å². The van der Waals surface area contributed by atoms with Crippen molar-refractivity contribution in [3.63, 3.8) is 0 Å². The number of halogens is 2. The highest BCUT2D eigenvalue weighted by molar-refractivity contribution is 7.18. The molecule has 7 heteroatoms. The Labute approximate surface area is 218 Å². The van der Waals surface area contributed by atoms with Crippen LogP contribution in [0.3, 0.4) is 0 Å². The van der Waals surface area contributed by atoms with Crippen LogP contribution in [0.5, 0.6) is 0 Å². The van der Waals surface area contributed by atoms with Crippen LogP contribution in [-0.4, -0.2) is 15.7 Å². The van der Waals surface area contributed by atoms with Crippen LogP contribution in [0.15, 0.2) is 47.0 Å². The summed E-state index contributed by atoms with van der Waals surface area (Å²) in [6, 6.07) is 14.0. The number of benzene rings is 2. The summed E-state index contributed by atoms with van der Waals surface area (Å²) in [5.74, 6) is 1.38. The number of fused-ring (bicyclic) bond motifs is 4. The maximum Gasteiger partial charge on any atom is 0.145 e. The third kappa shape index (κ3) is 3.74. The van der Waals surface area contributed by atoms with Crippen LogP contribution < -0.4 is 0 Å². The number of hydrogen-bond donors (Lipinski definition) is 0. The highest BCUT2D eigenvalue weighted by atomic mass is 35.5. The van der Waals surface area contributed by atoms with Gasteiger partial charge in [-0.25, -0.2) is 4.98 Å². The fraction of sp³-hybridized carbons (Fsp3) is 0.429. The molecule has 4 aliphatic carbocycles. The lowest BCUT2D eigenvalue weighted by Crippen LogP contribution is -2.49. The van der Waals surface area contributed by atoms with Gasteiger partial charge in [-0.3, -0.25) is 0 Å². The molecule has 4 saturated carbocycles. The van der Waals surface area contributed by atoms with Crippen molar-refractivity contribution in [2.45, 2.75) is 74.9 Å². The Morgan fingerprint density at radius 3 is 2.34 bits per heavy atom. The fourth-order valence-corrected chi connectivity index (χ4v) is 7.88. The van der Waals surface area contributed by atoms with Crippen LogP contribution in [0.2, 0.25) is 10.0 Å². The van der Waals surface area contributed by atoms with Crippen molar-refractivity contribution in [2.24, 2.45) is 0 Å². The minimum Gasteiger partial charge on any atom is -0.370 e.